The molecule has 0 amide bonds. The van der Waals surface area contributed by atoms with E-state index in [9.17, 15) is 0 Å². The Balaban J connectivity index is 2.12. The maximum Gasteiger partial charge on any atom is 0.0742 e. The zero-order chi connectivity index (χ0) is 5.11. The van der Waals surface area contributed by atoms with Crippen molar-refractivity contribution in [3.63, 3.8) is 0 Å². The second-order valence-corrected chi connectivity index (χ2v) is 2.19. The van der Waals surface area contributed by atoms with Crippen LogP contribution in [0, 0.1) is 7.05 Å². The van der Waals surface area contributed by atoms with Gasteiger partial charge in [0.1, 0.15) is 0 Å². The van der Waals surface area contributed by atoms with Crippen LogP contribution in [-0.4, -0.2) is 23.9 Å². The van der Waals surface area contributed by atoms with Gasteiger partial charge in [0, 0.05) is 25.6 Å². The van der Waals surface area contributed by atoms with Crippen LogP contribution in [0.4, 0.5) is 0 Å². The minimum atomic E-state index is 0.814. The van der Waals surface area contributed by atoms with Gasteiger partial charge >= 0.3 is 0 Å². The summed E-state index contributed by atoms with van der Waals surface area (Å²) in [5, 5.41) is 0. The van der Waals surface area contributed by atoms with Crippen molar-refractivity contribution < 1.29 is 4.18 Å². The largest absolute Gasteiger partial charge is 0.313 e. The van der Waals surface area contributed by atoms with E-state index in [0.717, 1.165) is 19.0 Å². The molecule has 3 heteroatoms. The van der Waals surface area contributed by atoms with E-state index >= 15 is 0 Å². The molecule has 41 valence electrons. The molecular formula is C4H8NOS. The molecule has 0 spiro atoms. The molecule has 0 saturated carbocycles. The number of hydrogen-bond acceptors (Lipinski definition) is 3. The van der Waals surface area contributed by atoms with E-state index in [4.69, 9.17) is 4.18 Å². The van der Waals surface area contributed by atoms with Crippen LogP contribution < -0.4 is 0 Å². The van der Waals surface area contributed by atoms with E-state index in [0.29, 0.717) is 0 Å². The topological polar surface area (TPSA) is 12.5 Å². The van der Waals surface area contributed by atoms with E-state index in [1.807, 2.05) is 4.90 Å². The molecule has 0 unspecified atom stereocenters. The summed E-state index contributed by atoms with van der Waals surface area (Å²) in [5.74, 6) is 0.903. The average Bonchev–Trinajstić information content (AvgIpc) is 1.69. The van der Waals surface area contributed by atoms with Gasteiger partial charge in [0.15, 0.2) is 0 Å². The molecule has 7 heavy (non-hydrogen) atoms. The normalized spacial score (nSPS) is 25.3. The van der Waals surface area contributed by atoms with Gasteiger partial charge in [0.05, 0.1) is 12.5 Å². The minimum Gasteiger partial charge on any atom is -0.313 e. The highest BCUT2D eigenvalue weighted by Gasteiger charge is 2.03. The first-order valence-electron chi connectivity index (χ1n) is 2.19. The van der Waals surface area contributed by atoms with E-state index in [2.05, 4.69) is 7.05 Å². The van der Waals surface area contributed by atoms with Gasteiger partial charge in [-0.25, -0.2) is 0 Å². The zero-order valence-electron chi connectivity index (χ0n) is 4.09. The van der Waals surface area contributed by atoms with Gasteiger partial charge < -0.3 is 4.18 Å². The number of nitrogens with zero attached hydrogens (tertiary/aromatic N) is 1. The van der Waals surface area contributed by atoms with Crippen molar-refractivity contribution in [2.75, 3.05) is 19.0 Å². The second-order valence-electron chi connectivity index (χ2n) is 1.46. The van der Waals surface area contributed by atoms with Crippen molar-refractivity contribution in [2.24, 2.45) is 0 Å². The first-order valence-corrected chi connectivity index (χ1v) is 3.10. The molecule has 1 rings (SSSR count). The Bertz CT molecular complexity index is 53.7. The summed E-state index contributed by atoms with van der Waals surface area (Å²) >= 11 is 1.47. The smallest absolute Gasteiger partial charge is 0.0742 e. The maximum absolute atomic E-state index is 4.97. The molecule has 1 aliphatic rings. The zero-order valence-corrected chi connectivity index (χ0v) is 4.91. The molecule has 0 aromatic rings. The first-order chi connectivity index (χ1) is 3.39. The van der Waals surface area contributed by atoms with Gasteiger partial charge in [-0.2, -0.15) is 0 Å². The minimum absolute atomic E-state index is 0.814. The summed E-state index contributed by atoms with van der Waals surface area (Å²) in [6.45, 7) is 1.78. The van der Waals surface area contributed by atoms with E-state index in [1.54, 1.807) is 0 Å². The summed E-state index contributed by atoms with van der Waals surface area (Å²) in [7, 11) is 3.73. The third-order valence-electron chi connectivity index (χ3n) is 0.809. The summed E-state index contributed by atoms with van der Waals surface area (Å²) in [5.41, 5.74) is 0. The van der Waals surface area contributed by atoms with E-state index in [1.165, 1.54) is 12.0 Å². The van der Waals surface area contributed by atoms with Gasteiger partial charge in [-0.3, -0.25) is 4.90 Å². The van der Waals surface area contributed by atoms with Crippen molar-refractivity contribution in [3.8, 4) is 0 Å². The molecule has 0 aliphatic carbocycles. The monoisotopic (exact) mass is 118 g/mol. The Morgan fingerprint density at radius 2 is 2.57 bits per heavy atom. The Kier molecular flexibility index (Phi) is 1.97. The Morgan fingerprint density at radius 1 is 1.71 bits per heavy atom. The molecule has 1 saturated heterocycles. The predicted octanol–water partition coefficient (Wildman–Crippen LogP) is 0.716. The summed E-state index contributed by atoms with van der Waals surface area (Å²) in [6.07, 6.45) is 0. The highest BCUT2D eigenvalue weighted by Crippen LogP contribution is 2.09. The average molecular weight is 118 g/mol. The molecule has 0 aromatic carbocycles. The van der Waals surface area contributed by atoms with Crippen molar-refractivity contribution in [1.29, 1.82) is 0 Å². The lowest BCUT2D eigenvalue weighted by molar-refractivity contribution is 0.269. The Hall–Kier alpha value is 0.270. The van der Waals surface area contributed by atoms with Gasteiger partial charge in [-0.05, 0) is 0 Å². The predicted molar refractivity (Wildman–Crippen MR) is 30.5 cm³/mol. The fourth-order valence-electron chi connectivity index (χ4n) is 0.402. The SMILES string of the molecule is [CH2]N1CCOSC1. The van der Waals surface area contributed by atoms with E-state index < -0.39 is 0 Å². The van der Waals surface area contributed by atoms with Crippen molar-refractivity contribution >= 4 is 12.0 Å². The second kappa shape index (κ2) is 2.55. The number of hydrogen-bond donors (Lipinski definition) is 0. The van der Waals surface area contributed by atoms with Gasteiger partial charge in [-0.15, -0.1) is 0 Å². The van der Waals surface area contributed by atoms with E-state index in [-0.39, 0.29) is 0 Å². The van der Waals surface area contributed by atoms with Crippen LogP contribution in [0.5, 0.6) is 0 Å². The van der Waals surface area contributed by atoms with Gasteiger partial charge in [-0.1, -0.05) is 0 Å². The summed E-state index contributed by atoms with van der Waals surface area (Å²) < 4.78 is 4.97. The third kappa shape index (κ3) is 1.67. The van der Waals surface area contributed by atoms with Crippen LogP contribution in [0.2, 0.25) is 0 Å². The molecule has 1 aliphatic heterocycles. The van der Waals surface area contributed by atoms with Crippen molar-refractivity contribution in [2.45, 2.75) is 0 Å². The molecule has 1 radical (unpaired) electrons. The van der Waals surface area contributed by atoms with Crippen LogP contribution in [0.3, 0.4) is 0 Å². The van der Waals surface area contributed by atoms with Crippen LogP contribution >= 0.6 is 12.0 Å². The highest BCUT2D eigenvalue weighted by molar-refractivity contribution is 7.94. The molecular weight excluding hydrogens is 110 g/mol. The summed E-state index contributed by atoms with van der Waals surface area (Å²) in [4.78, 5) is 1.98. The Morgan fingerprint density at radius 3 is 2.86 bits per heavy atom. The quantitative estimate of drug-likeness (QED) is 0.435. The molecule has 0 aromatic heterocycles. The van der Waals surface area contributed by atoms with Gasteiger partial charge in [0.25, 0.3) is 0 Å². The number of rotatable bonds is 0. The lowest BCUT2D eigenvalue weighted by atomic mass is 10.6. The van der Waals surface area contributed by atoms with Crippen LogP contribution in [-0.2, 0) is 4.18 Å². The summed E-state index contributed by atoms with van der Waals surface area (Å²) in [6, 6.07) is 0. The van der Waals surface area contributed by atoms with Crippen LogP contribution in [0.1, 0.15) is 0 Å². The van der Waals surface area contributed by atoms with Crippen LogP contribution in [0.25, 0.3) is 0 Å². The van der Waals surface area contributed by atoms with Crippen molar-refractivity contribution in [3.05, 3.63) is 7.05 Å². The molecule has 1 fully saturated rings. The fraction of sp³-hybridized carbons (Fsp3) is 0.750. The standard InChI is InChI=1S/C4H8NOS/c1-5-2-3-6-7-4-5/h1-4H2. The third-order valence-corrected chi connectivity index (χ3v) is 1.61. The molecule has 0 bridgehead atoms. The molecule has 1 heterocycles. The molecule has 2 nitrogen and oxygen atoms in total. The maximum atomic E-state index is 4.97. The van der Waals surface area contributed by atoms with Crippen LogP contribution in [0.15, 0.2) is 0 Å². The highest BCUT2D eigenvalue weighted by atomic mass is 32.2. The molecule has 0 atom stereocenters. The lowest BCUT2D eigenvalue weighted by Crippen LogP contribution is -2.24. The fourth-order valence-corrected chi connectivity index (χ4v) is 0.947. The van der Waals surface area contributed by atoms with Crippen molar-refractivity contribution in [1.82, 2.24) is 4.90 Å². The first kappa shape index (κ1) is 5.41. The lowest BCUT2D eigenvalue weighted by Gasteiger charge is -2.19. The van der Waals surface area contributed by atoms with Gasteiger partial charge in [0.2, 0.25) is 0 Å². The Labute approximate surface area is 48.0 Å². The molecule has 0 N–H and O–H groups in total.